The van der Waals surface area contributed by atoms with E-state index in [-0.39, 0.29) is 5.91 Å². The van der Waals surface area contributed by atoms with Crippen LogP contribution in [-0.4, -0.2) is 12.5 Å². The van der Waals surface area contributed by atoms with E-state index in [1.807, 2.05) is 6.07 Å². The first-order valence-corrected chi connectivity index (χ1v) is 9.21. The number of aryl methyl sites for hydroxylation is 2. The topological polar surface area (TPSA) is 29.1 Å². The van der Waals surface area contributed by atoms with Crippen molar-refractivity contribution in [2.24, 2.45) is 0 Å². The highest BCUT2D eigenvalue weighted by atomic mass is 16.1. The van der Waals surface area contributed by atoms with Gasteiger partial charge in [-0.15, -0.1) is 0 Å². The summed E-state index contributed by atoms with van der Waals surface area (Å²) in [6, 6.07) is 6.25. The van der Waals surface area contributed by atoms with E-state index in [9.17, 15) is 4.79 Å². The molecule has 2 heteroatoms. The highest BCUT2D eigenvalue weighted by Crippen LogP contribution is 2.22. The minimum atomic E-state index is 0.0966. The molecule has 2 nitrogen and oxygen atoms in total. The van der Waals surface area contributed by atoms with Crippen LogP contribution in [0.3, 0.4) is 0 Å². The Morgan fingerprint density at radius 1 is 0.955 bits per heavy atom. The number of carbonyl (C=O) groups is 1. The normalized spacial score (nSPS) is 13.7. The second-order valence-corrected chi connectivity index (χ2v) is 6.57. The zero-order chi connectivity index (χ0) is 15.6. The fourth-order valence-electron chi connectivity index (χ4n) is 3.26. The standard InChI is InChI=1S/C20H31NO/c1-2-3-4-5-6-7-10-15-21-20(22)19-14-13-17-11-8-9-12-18(17)16-19/h13-14,16H,2-12,15H2,1H3,(H,21,22). The van der Waals surface area contributed by atoms with Crippen LogP contribution in [0.4, 0.5) is 0 Å². The van der Waals surface area contributed by atoms with Crippen molar-refractivity contribution < 1.29 is 4.79 Å². The Hall–Kier alpha value is -1.31. The molecule has 2 rings (SSSR count). The maximum Gasteiger partial charge on any atom is 0.251 e. The number of nitrogens with one attached hydrogen (secondary N) is 1. The van der Waals surface area contributed by atoms with Gasteiger partial charge in [-0.05, 0) is 55.4 Å². The summed E-state index contributed by atoms with van der Waals surface area (Å²) < 4.78 is 0. The first-order valence-electron chi connectivity index (χ1n) is 9.21. The van der Waals surface area contributed by atoms with E-state index in [0.717, 1.165) is 24.9 Å². The Morgan fingerprint density at radius 3 is 2.41 bits per heavy atom. The van der Waals surface area contributed by atoms with E-state index < -0.39 is 0 Å². The zero-order valence-electron chi connectivity index (χ0n) is 14.1. The number of fused-ring (bicyclic) bond motifs is 1. The van der Waals surface area contributed by atoms with Crippen molar-refractivity contribution in [2.45, 2.75) is 77.6 Å². The number of hydrogen-bond donors (Lipinski definition) is 1. The van der Waals surface area contributed by atoms with Crippen LogP contribution in [0.1, 0.15) is 86.2 Å². The summed E-state index contributed by atoms with van der Waals surface area (Å²) in [4.78, 5) is 12.2. The summed E-state index contributed by atoms with van der Waals surface area (Å²) in [6.45, 7) is 3.06. The SMILES string of the molecule is CCCCCCCCCNC(=O)c1ccc2c(c1)CCCC2. The highest BCUT2D eigenvalue weighted by Gasteiger charge is 2.12. The molecule has 1 N–H and O–H groups in total. The van der Waals surface area contributed by atoms with E-state index in [0.29, 0.717) is 0 Å². The molecule has 1 amide bonds. The lowest BCUT2D eigenvalue weighted by atomic mass is 9.90. The van der Waals surface area contributed by atoms with Crippen LogP contribution < -0.4 is 5.32 Å². The number of unbranched alkanes of at least 4 members (excludes halogenated alkanes) is 6. The van der Waals surface area contributed by atoms with Crippen molar-refractivity contribution in [2.75, 3.05) is 6.54 Å². The molecule has 0 aliphatic heterocycles. The van der Waals surface area contributed by atoms with E-state index in [1.54, 1.807) is 0 Å². The quantitative estimate of drug-likeness (QED) is 0.636. The summed E-state index contributed by atoms with van der Waals surface area (Å²) in [5, 5.41) is 3.07. The molecule has 0 saturated carbocycles. The summed E-state index contributed by atoms with van der Waals surface area (Å²) >= 11 is 0. The Kier molecular flexibility index (Phi) is 7.48. The lowest BCUT2D eigenvalue weighted by molar-refractivity contribution is 0.0953. The van der Waals surface area contributed by atoms with E-state index in [1.165, 1.54) is 68.9 Å². The monoisotopic (exact) mass is 301 g/mol. The second kappa shape index (κ2) is 9.66. The van der Waals surface area contributed by atoms with Crippen molar-refractivity contribution in [3.8, 4) is 0 Å². The van der Waals surface area contributed by atoms with Gasteiger partial charge in [0.25, 0.3) is 5.91 Å². The van der Waals surface area contributed by atoms with Crippen LogP contribution in [0.2, 0.25) is 0 Å². The molecule has 0 atom stereocenters. The third-order valence-corrected chi connectivity index (χ3v) is 4.68. The van der Waals surface area contributed by atoms with Crippen molar-refractivity contribution in [3.63, 3.8) is 0 Å². The predicted molar refractivity (Wildman–Crippen MR) is 93.4 cm³/mol. The third-order valence-electron chi connectivity index (χ3n) is 4.68. The van der Waals surface area contributed by atoms with Gasteiger partial charge in [0.05, 0.1) is 0 Å². The van der Waals surface area contributed by atoms with Gasteiger partial charge in [0.2, 0.25) is 0 Å². The summed E-state index contributed by atoms with van der Waals surface area (Å²) in [6.07, 6.45) is 13.8. The maximum atomic E-state index is 12.2. The number of carbonyl (C=O) groups excluding carboxylic acids is 1. The van der Waals surface area contributed by atoms with Gasteiger partial charge >= 0.3 is 0 Å². The minimum absolute atomic E-state index is 0.0966. The molecule has 1 aromatic carbocycles. The number of rotatable bonds is 9. The molecule has 0 spiro atoms. The zero-order valence-corrected chi connectivity index (χ0v) is 14.1. The van der Waals surface area contributed by atoms with Crippen LogP contribution >= 0.6 is 0 Å². The van der Waals surface area contributed by atoms with Gasteiger partial charge in [-0.25, -0.2) is 0 Å². The van der Waals surface area contributed by atoms with Gasteiger partial charge in [0.15, 0.2) is 0 Å². The summed E-state index contributed by atoms with van der Waals surface area (Å²) in [7, 11) is 0. The number of amides is 1. The molecule has 1 aliphatic carbocycles. The Balaban J connectivity index is 1.65. The molecule has 122 valence electrons. The molecule has 0 unspecified atom stereocenters. The van der Waals surface area contributed by atoms with Crippen LogP contribution in [-0.2, 0) is 12.8 Å². The van der Waals surface area contributed by atoms with Crippen molar-refractivity contribution >= 4 is 5.91 Å². The number of hydrogen-bond acceptors (Lipinski definition) is 1. The molecule has 0 bridgehead atoms. The third kappa shape index (κ3) is 5.47. The molecule has 0 fully saturated rings. The fourth-order valence-corrected chi connectivity index (χ4v) is 3.26. The van der Waals surface area contributed by atoms with Gasteiger partial charge in [0, 0.05) is 12.1 Å². The Morgan fingerprint density at radius 2 is 1.64 bits per heavy atom. The van der Waals surface area contributed by atoms with Crippen molar-refractivity contribution in [3.05, 3.63) is 34.9 Å². The number of benzene rings is 1. The predicted octanol–water partition coefficient (Wildman–Crippen LogP) is 5.05. The molecule has 0 aromatic heterocycles. The van der Waals surface area contributed by atoms with Crippen LogP contribution in [0.15, 0.2) is 18.2 Å². The largest absolute Gasteiger partial charge is 0.352 e. The van der Waals surface area contributed by atoms with Gasteiger partial charge in [-0.3, -0.25) is 4.79 Å². The van der Waals surface area contributed by atoms with Crippen LogP contribution in [0, 0.1) is 0 Å². The first kappa shape index (κ1) is 17.1. The molecular weight excluding hydrogens is 270 g/mol. The average Bonchev–Trinajstić information content (AvgIpc) is 2.56. The molecule has 0 radical (unpaired) electrons. The maximum absolute atomic E-state index is 12.2. The molecular formula is C20H31NO. The molecule has 1 aliphatic rings. The molecule has 0 heterocycles. The lowest BCUT2D eigenvalue weighted by Crippen LogP contribution is -2.24. The first-order chi connectivity index (χ1) is 10.8. The Bertz CT molecular complexity index is 467. The van der Waals surface area contributed by atoms with Gasteiger partial charge in [-0.2, -0.15) is 0 Å². The lowest BCUT2D eigenvalue weighted by Gasteiger charge is -2.16. The smallest absolute Gasteiger partial charge is 0.251 e. The minimum Gasteiger partial charge on any atom is -0.352 e. The van der Waals surface area contributed by atoms with Crippen LogP contribution in [0.5, 0.6) is 0 Å². The van der Waals surface area contributed by atoms with E-state index >= 15 is 0 Å². The van der Waals surface area contributed by atoms with Crippen molar-refractivity contribution in [1.29, 1.82) is 0 Å². The van der Waals surface area contributed by atoms with Gasteiger partial charge in [-0.1, -0.05) is 51.5 Å². The van der Waals surface area contributed by atoms with E-state index in [2.05, 4.69) is 24.4 Å². The van der Waals surface area contributed by atoms with E-state index in [4.69, 9.17) is 0 Å². The fraction of sp³-hybridized carbons (Fsp3) is 0.650. The van der Waals surface area contributed by atoms with Gasteiger partial charge < -0.3 is 5.32 Å². The Labute approximate surface area is 135 Å². The highest BCUT2D eigenvalue weighted by molar-refractivity contribution is 5.94. The summed E-state index contributed by atoms with van der Waals surface area (Å²) in [5.74, 6) is 0.0966. The van der Waals surface area contributed by atoms with Crippen LogP contribution in [0.25, 0.3) is 0 Å². The van der Waals surface area contributed by atoms with Crippen molar-refractivity contribution in [1.82, 2.24) is 5.32 Å². The molecule has 1 aromatic rings. The molecule has 0 saturated heterocycles. The summed E-state index contributed by atoms with van der Waals surface area (Å²) in [5.41, 5.74) is 3.66. The molecule has 22 heavy (non-hydrogen) atoms. The van der Waals surface area contributed by atoms with Gasteiger partial charge in [0.1, 0.15) is 0 Å². The second-order valence-electron chi connectivity index (χ2n) is 6.57. The average molecular weight is 301 g/mol.